The zero-order valence-corrected chi connectivity index (χ0v) is 8.84. The number of aliphatic carboxylic acids is 1. The van der Waals surface area contributed by atoms with Crippen LogP contribution >= 0.6 is 0 Å². The van der Waals surface area contributed by atoms with E-state index in [9.17, 15) is 9.59 Å². The van der Waals surface area contributed by atoms with Crippen molar-refractivity contribution in [1.29, 1.82) is 0 Å². The van der Waals surface area contributed by atoms with Gasteiger partial charge in [0.25, 0.3) is 0 Å². The second-order valence-corrected chi connectivity index (χ2v) is 3.11. The molecule has 9 heteroatoms. The molecule has 0 radical (unpaired) electrons. The molecular weight excluding hydrogens is 216 g/mol. The molecule has 1 aromatic rings. The van der Waals surface area contributed by atoms with Crippen LogP contribution in [0, 0.1) is 0 Å². The van der Waals surface area contributed by atoms with E-state index in [-0.39, 0.29) is 6.54 Å². The molecule has 2 amide bonds. The van der Waals surface area contributed by atoms with Gasteiger partial charge in [0.05, 0.1) is 6.54 Å². The van der Waals surface area contributed by atoms with Gasteiger partial charge in [0, 0.05) is 7.05 Å². The molecular formula is C7H12N6O3. The third-order valence-electron chi connectivity index (χ3n) is 2.05. The van der Waals surface area contributed by atoms with E-state index in [1.54, 1.807) is 0 Å². The smallest absolute Gasteiger partial charge is 0.326 e. The quantitative estimate of drug-likeness (QED) is 0.595. The minimum atomic E-state index is -1.07. The van der Waals surface area contributed by atoms with Gasteiger partial charge in [-0.25, -0.2) is 9.59 Å². The number of urea groups is 1. The third-order valence-corrected chi connectivity index (χ3v) is 2.05. The average molecular weight is 228 g/mol. The molecule has 3 N–H and O–H groups in total. The Morgan fingerprint density at radius 1 is 1.62 bits per heavy atom. The third kappa shape index (κ3) is 2.90. The number of nitrogens with zero attached hydrogens (tertiary/aromatic N) is 4. The number of aromatic amines is 1. The van der Waals surface area contributed by atoms with Crippen molar-refractivity contribution in [3.8, 4) is 0 Å². The van der Waals surface area contributed by atoms with Crippen LogP contribution in [-0.4, -0.2) is 55.7 Å². The molecule has 0 bridgehead atoms. The van der Waals surface area contributed by atoms with E-state index >= 15 is 0 Å². The Balaban J connectivity index is 2.43. The summed E-state index contributed by atoms with van der Waals surface area (Å²) in [5.41, 5.74) is 0. The maximum atomic E-state index is 11.4. The van der Waals surface area contributed by atoms with Crippen LogP contribution in [0.5, 0.6) is 0 Å². The molecule has 16 heavy (non-hydrogen) atoms. The molecule has 0 saturated carbocycles. The van der Waals surface area contributed by atoms with Crippen molar-refractivity contribution in [3.63, 3.8) is 0 Å². The molecule has 1 rings (SSSR count). The zero-order valence-electron chi connectivity index (χ0n) is 8.84. The lowest BCUT2D eigenvalue weighted by Crippen LogP contribution is -2.45. The fraction of sp³-hybridized carbons (Fsp3) is 0.571. The summed E-state index contributed by atoms with van der Waals surface area (Å²) in [6, 6.07) is -1.41. The lowest BCUT2D eigenvalue weighted by atomic mass is 10.3. The first kappa shape index (κ1) is 11.9. The standard InChI is InChI=1S/C7H12N6O3/c1-4(6(14)15)13(2)7(16)8-3-5-9-11-12-10-5/h4H,3H2,1-2H3,(H,8,16)(H,14,15)(H,9,10,11,12). The monoisotopic (exact) mass is 228 g/mol. The largest absolute Gasteiger partial charge is 0.480 e. The highest BCUT2D eigenvalue weighted by Gasteiger charge is 2.21. The van der Waals surface area contributed by atoms with Gasteiger partial charge in [-0.3, -0.25) is 0 Å². The Kier molecular flexibility index (Phi) is 3.75. The van der Waals surface area contributed by atoms with Gasteiger partial charge in [0.2, 0.25) is 0 Å². The van der Waals surface area contributed by atoms with Gasteiger partial charge in [-0.05, 0) is 6.92 Å². The van der Waals surface area contributed by atoms with E-state index in [4.69, 9.17) is 5.11 Å². The number of carboxylic acid groups (broad SMARTS) is 1. The van der Waals surface area contributed by atoms with Crippen LogP contribution in [0.25, 0.3) is 0 Å². The Hall–Kier alpha value is -2.19. The van der Waals surface area contributed by atoms with E-state index in [1.807, 2.05) is 0 Å². The summed E-state index contributed by atoms with van der Waals surface area (Å²) in [6.45, 7) is 1.50. The van der Waals surface area contributed by atoms with E-state index in [1.165, 1.54) is 14.0 Å². The number of rotatable bonds is 4. The number of H-pyrrole nitrogens is 1. The molecule has 0 aliphatic rings. The average Bonchev–Trinajstić information content (AvgIpc) is 2.76. The minimum absolute atomic E-state index is 0.0893. The Morgan fingerprint density at radius 2 is 2.31 bits per heavy atom. The molecule has 1 atom stereocenters. The first-order valence-corrected chi connectivity index (χ1v) is 4.48. The lowest BCUT2D eigenvalue weighted by molar-refractivity contribution is -0.141. The Labute approximate surface area is 90.8 Å². The van der Waals surface area contributed by atoms with E-state index < -0.39 is 18.0 Å². The minimum Gasteiger partial charge on any atom is -0.480 e. The number of carbonyl (C=O) groups excluding carboxylic acids is 1. The van der Waals surface area contributed by atoms with Crippen molar-refractivity contribution >= 4 is 12.0 Å². The maximum Gasteiger partial charge on any atom is 0.326 e. The van der Waals surface area contributed by atoms with Gasteiger partial charge in [-0.1, -0.05) is 5.21 Å². The fourth-order valence-corrected chi connectivity index (χ4v) is 0.878. The summed E-state index contributed by atoms with van der Waals surface area (Å²) in [6.07, 6.45) is 0. The summed E-state index contributed by atoms with van der Waals surface area (Å²) >= 11 is 0. The van der Waals surface area contributed by atoms with Crippen LogP contribution in [-0.2, 0) is 11.3 Å². The predicted octanol–water partition coefficient (Wildman–Crippen LogP) is -1.19. The number of hydrogen-bond donors (Lipinski definition) is 3. The number of likely N-dealkylation sites (N-methyl/N-ethyl adjacent to an activating group) is 1. The Bertz CT molecular complexity index is 364. The van der Waals surface area contributed by atoms with Gasteiger partial charge >= 0.3 is 12.0 Å². The number of carboxylic acids is 1. The zero-order chi connectivity index (χ0) is 12.1. The molecule has 0 aliphatic carbocycles. The number of amides is 2. The van der Waals surface area contributed by atoms with E-state index in [2.05, 4.69) is 25.9 Å². The molecule has 0 spiro atoms. The van der Waals surface area contributed by atoms with E-state index in [0.717, 1.165) is 4.90 Å². The van der Waals surface area contributed by atoms with Crippen LogP contribution in [0.1, 0.15) is 12.7 Å². The summed E-state index contributed by atoms with van der Waals surface area (Å²) < 4.78 is 0. The summed E-state index contributed by atoms with van der Waals surface area (Å²) in [5, 5.41) is 24.0. The molecule has 0 fully saturated rings. The summed E-state index contributed by atoms with van der Waals surface area (Å²) in [4.78, 5) is 23.1. The van der Waals surface area contributed by atoms with Crippen molar-refractivity contribution in [2.24, 2.45) is 0 Å². The maximum absolute atomic E-state index is 11.4. The van der Waals surface area contributed by atoms with Crippen molar-refractivity contribution < 1.29 is 14.7 Å². The first-order valence-electron chi connectivity index (χ1n) is 4.48. The van der Waals surface area contributed by atoms with Crippen LogP contribution in [0.15, 0.2) is 0 Å². The van der Waals surface area contributed by atoms with Gasteiger partial charge in [-0.15, -0.1) is 10.2 Å². The molecule has 0 aromatic carbocycles. The Morgan fingerprint density at radius 3 is 2.81 bits per heavy atom. The van der Waals surface area contributed by atoms with Gasteiger partial charge in [0.15, 0.2) is 5.82 Å². The van der Waals surface area contributed by atoms with Crippen LogP contribution < -0.4 is 5.32 Å². The van der Waals surface area contributed by atoms with Crippen LogP contribution in [0.4, 0.5) is 4.79 Å². The molecule has 0 aliphatic heterocycles. The van der Waals surface area contributed by atoms with Crippen molar-refractivity contribution in [3.05, 3.63) is 5.82 Å². The highest BCUT2D eigenvalue weighted by Crippen LogP contribution is 1.96. The van der Waals surface area contributed by atoms with Crippen LogP contribution in [0.3, 0.4) is 0 Å². The topological polar surface area (TPSA) is 124 Å². The molecule has 0 saturated heterocycles. The van der Waals surface area contributed by atoms with Crippen molar-refractivity contribution in [1.82, 2.24) is 30.8 Å². The lowest BCUT2D eigenvalue weighted by Gasteiger charge is -2.21. The first-order chi connectivity index (χ1) is 7.52. The number of nitrogens with one attached hydrogen (secondary N) is 2. The molecule has 1 unspecified atom stereocenters. The number of aromatic nitrogens is 4. The van der Waals surface area contributed by atoms with Gasteiger partial charge < -0.3 is 15.3 Å². The predicted molar refractivity (Wildman–Crippen MR) is 51.3 cm³/mol. The highest BCUT2D eigenvalue weighted by molar-refractivity contribution is 5.81. The molecule has 9 nitrogen and oxygen atoms in total. The second-order valence-electron chi connectivity index (χ2n) is 3.11. The number of tetrazole rings is 1. The molecule has 88 valence electrons. The fourth-order valence-electron chi connectivity index (χ4n) is 0.878. The van der Waals surface area contributed by atoms with Gasteiger partial charge in [0.1, 0.15) is 6.04 Å². The summed E-state index contributed by atoms with van der Waals surface area (Å²) in [7, 11) is 1.39. The number of hydrogen-bond acceptors (Lipinski definition) is 5. The van der Waals surface area contributed by atoms with Gasteiger partial charge in [-0.2, -0.15) is 5.21 Å². The SMILES string of the molecule is CC(C(=O)O)N(C)C(=O)NCc1nn[nH]n1. The summed E-state index contributed by atoms with van der Waals surface area (Å²) in [5.74, 6) is -0.748. The normalized spacial score (nSPS) is 11.9. The number of carbonyl (C=O) groups is 2. The molecule has 1 heterocycles. The van der Waals surface area contributed by atoms with Crippen molar-refractivity contribution in [2.75, 3.05) is 7.05 Å². The van der Waals surface area contributed by atoms with Crippen molar-refractivity contribution in [2.45, 2.75) is 19.5 Å². The highest BCUT2D eigenvalue weighted by atomic mass is 16.4. The van der Waals surface area contributed by atoms with E-state index in [0.29, 0.717) is 5.82 Å². The molecule has 1 aromatic heterocycles. The van der Waals surface area contributed by atoms with Crippen LogP contribution in [0.2, 0.25) is 0 Å². The second kappa shape index (κ2) is 5.05.